The highest BCUT2D eigenvalue weighted by Gasteiger charge is 2.43. The predicted octanol–water partition coefficient (Wildman–Crippen LogP) is 4.29. The molecule has 2 heterocycles. The fraction of sp³-hybridized carbons (Fsp3) is 0.750. The van der Waals surface area contributed by atoms with Gasteiger partial charge < -0.3 is 5.32 Å². The van der Waals surface area contributed by atoms with Gasteiger partial charge in [0.25, 0.3) is 0 Å². The second-order valence-electron chi connectivity index (χ2n) is 7.07. The first kappa shape index (κ1) is 14.8. The Morgan fingerprint density at radius 3 is 2.65 bits per heavy atom. The normalized spacial score (nSPS) is 25.9. The zero-order valence-electron chi connectivity index (χ0n) is 12.5. The molecule has 2 nitrogen and oxygen atoms in total. The summed E-state index contributed by atoms with van der Waals surface area (Å²) < 4.78 is 0.903. The molecule has 1 N–H and O–H groups in total. The van der Waals surface area contributed by atoms with Crippen molar-refractivity contribution in [2.75, 3.05) is 13.1 Å². The second kappa shape index (κ2) is 5.60. The third-order valence-electron chi connectivity index (χ3n) is 5.03. The Kier molecular flexibility index (Phi) is 4.15. The number of rotatable bonds is 2. The number of halogens is 1. The van der Waals surface area contributed by atoms with Gasteiger partial charge >= 0.3 is 0 Å². The van der Waals surface area contributed by atoms with Crippen molar-refractivity contribution in [2.24, 2.45) is 0 Å². The van der Waals surface area contributed by atoms with E-state index in [2.05, 4.69) is 30.1 Å². The fourth-order valence-electron chi connectivity index (χ4n) is 3.61. The molecule has 0 aromatic carbocycles. The largest absolute Gasteiger partial charge is 0.308 e. The van der Waals surface area contributed by atoms with E-state index in [0.717, 1.165) is 17.4 Å². The van der Waals surface area contributed by atoms with Gasteiger partial charge in [-0.25, -0.2) is 0 Å². The first-order chi connectivity index (χ1) is 9.49. The topological polar surface area (TPSA) is 15.3 Å². The summed E-state index contributed by atoms with van der Waals surface area (Å²) in [6, 6.07) is 4.20. The molecule has 20 heavy (non-hydrogen) atoms. The summed E-state index contributed by atoms with van der Waals surface area (Å²) >= 11 is 7.80. The Hall–Kier alpha value is -0.0900. The smallest absolute Gasteiger partial charge is 0.0931 e. The van der Waals surface area contributed by atoms with E-state index in [1.54, 1.807) is 11.3 Å². The van der Waals surface area contributed by atoms with Crippen LogP contribution in [0, 0.1) is 0 Å². The Morgan fingerprint density at radius 2 is 2.00 bits per heavy atom. The van der Waals surface area contributed by atoms with Crippen LogP contribution in [0.2, 0.25) is 4.34 Å². The van der Waals surface area contributed by atoms with Crippen molar-refractivity contribution >= 4 is 22.9 Å². The van der Waals surface area contributed by atoms with Crippen molar-refractivity contribution in [3.05, 3.63) is 21.3 Å². The SMILES string of the molecule is CC1(C)CNC2(CCCCC2)CN1Cc1ccc(Cl)s1. The molecule has 1 saturated heterocycles. The molecule has 0 bridgehead atoms. The van der Waals surface area contributed by atoms with Crippen LogP contribution < -0.4 is 5.32 Å². The van der Waals surface area contributed by atoms with Gasteiger partial charge in [0.1, 0.15) is 0 Å². The minimum absolute atomic E-state index is 0.221. The lowest BCUT2D eigenvalue weighted by atomic mass is 9.77. The maximum absolute atomic E-state index is 6.08. The third kappa shape index (κ3) is 3.06. The molecule has 2 fully saturated rings. The highest BCUT2D eigenvalue weighted by atomic mass is 35.5. The first-order valence-corrected chi connectivity index (χ1v) is 8.93. The number of nitrogens with one attached hydrogen (secondary N) is 1. The van der Waals surface area contributed by atoms with Gasteiger partial charge in [0.2, 0.25) is 0 Å². The average molecular weight is 313 g/mol. The quantitative estimate of drug-likeness (QED) is 0.876. The monoisotopic (exact) mass is 312 g/mol. The first-order valence-electron chi connectivity index (χ1n) is 7.74. The molecule has 0 amide bonds. The minimum atomic E-state index is 0.221. The highest BCUT2D eigenvalue weighted by Crippen LogP contribution is 2.36. The van der Waals surface area contributed by atoms with Gasteiger partial charge in [-0.1, -0.05) is 30.9 Å². The van der Waals surface area contributed by atoms with Crippen molar-refractivity contribution in [2.45, 2.75) is 63.6 Å². The molecule has 1 aromatic heterocycles. The molecular weight excluding hydrogens is 288 g/mol. The van der Waals surface area contributed by atoms with Crippen LogP contribution in [-0.2, 0) is 6.54 Å². The molecule has 112 valence electrons. The highest BCUT2D eigenvalue weighted by molar-refractivity contribution is 7.16. The Balaban J connectivity index is 1.75. The molecule has 2 aliphatic rings. The molecule has 1 aromatic rings. The van der Waals surface area contributed by atoms with Gasteiger partial charge in [0.15, 0.2) is 0 Å². The standard InChI is InChI=1S/C16H25ClN2S/c1-15(2)11-18-16(8-4-3-5-9-16)12-19(15)10-13-6-7-14(17)20-13/h6-7,18H,3-5,8-12H2,1-2H3. The predicted molar refractivity (Wildman–Crippen MR) is 87.6 cm³/mol. The van der Waals surface area contributed by atoms with Crippen LogP contribution >= 0.6 is 22.9 Å². The maximum Gasteiger partial charge on any atom is 0.0931 e. The lowest BCUT2D eigenvalue weighted by Gasteiger charge is -2.53. The van der Waals surface area contributed by atoms with Gasteiger partial charge in [0.05, 0.1) is 4.34 Å². The van der Waals surface area contributed by atoms with Gasteiger partial charge in [-0.2, -0.15) is 0 Å². The van der Waals surface area contributed by atoms with E-state index in [9.17, 15) is 0 Å². The Bertz CT molecular complexity index is 463. The summed E-state index contributed by atoms with van der Waals surface area (Å²) in [6.07, 6.45) is 6.85. The van der Waals surface area contributed by atoms with Gasteiger partial charge in [-0.3, -0.25) is 4.90 Å². The summed E-state index contributed by atoms with van der Waals surface area (Å²) in [5, 5.41) is 3.88. The van der Waals surface area contributed by atoms with Crippen LogP contribution in [-0.4, -0.2) is 29.1 Å². The third-order valence-corrected chi connectivity index (χ3v) is 6.25. The molecule has 1 aliphatic heterocycles. The Morgan fingerprint density at radius 1 is 1.25 bits per heavy atom. The number of hydrogen-bond donors (Lipinski definition) is 1. The van der Waals surface area contributed by atoms with E-state index >= 15 is 0 Å². The molecule has 1 saturated carbocycles. The lowest BCUT2D eigenvalue weighted by Crippen LogP contribution is -2.68. The van der Waals surface area contributed by atoms with Crippen molar-refractivity contribution < 1.29 is 0 Å². The summed E-state index contributed by atoms with van der Waals surface area (Å²) in [5.41, 5.74) is 0.591. The molecular formula is C16H25ClN2S. The van der Waals surface area contributed by atoms with E-state index in [4.69, 9.17) is 11.6 Å². The van der Waals surface area contributed by atoms with Crippen LogP contribution in [0.25, 0.3) is 0 Å². The van der Waals surface area contributed by atoms with E-state index in [0.29, 0.717) is 5.54 Å². The summed E-state index contributed by atoms with van der Waals surface area (Å²) in [4.78, 5) is 4.05. The summed E-state index contributed by atoms with van der Waals surface area (Å²) in [5.74, 6) is 0. The van der Waals surface area contributed by atoms with E-state index in [1.807, 2.05) is 6.07 Å². The van der Waals surface area contributed by atoms with Gasteiger partial charge in [-0.15, -0.1) is 11.3 Å². The van der Waals surface area contributed by atoms with E-state index in [1.165, 1.54) is 43.5 Å². The number of hydrogen-bond acceptors (Lipinski definition) is 3. The summed E-state index contributed by atoms with van der Waals surface area (Å²) in [6.45, 7) is 8.01. The van der Waals surface area contributed by atoms with Crippen molar-refractivity contribution in [1.82, 2.24) is 10.2 Å². The van der Waals surface area contributed by atoms with E-state index < -0.39 is 0 Å². The van der Waals surface area contributed by atoms with Crippen LogP contribution in [0.1, 0.15) is 50.8 Å². The van der Waals surface area contributed by atoms with Gasteiger partial charge in [0, 0.05) is 35.6 Å². The van der Waals surface area contributed by atoms with Crippen LogP contribution in [0.5, 0.6) is 0 Å². The Labute approximate surface area is 131 Å². The molecule has 0 unspecified atom stereocenters. The van der Waals surface area contributed by atoms with E-state index in [-0.39, 0.29) is 5.54 Å². The lowest BCUT2D eigenvalue weighted by molar-refractivity contribution is 0.00553. The number of nitrogens with zero attached hydrogens (tertiary/aromatic N) is 1. The van der Waals surface area contributed by atoms with Crippen LogP contribution in [0.4, 0.5) is 0 Å². The van der Waals surface area contributed by atoms with Crippen molar-refractivity contribution in [3.63, 3.8) is 0 Å². The molecule has 4 heteroatoms. The maximum atomic E-state index is 6.08. The fourth-order valence-corrected chi connectivity index (χ4v) is 4.71. The van der Waals surface area contributed by atoms with Crippen molar-refractivity contribution in [3.8, 4) is 0 Å². The van der Waals surface area contributed by atoms with Crippen LogP contribution in [0.15, 0.2) is 12.1 Å². The number of thiophene rings is 1. The van der Waals surface area contributed by atoms with Crippen LogP contribution in [0.3, 0.4) is 0 Å². The zero-order chi connectivity index (χ0) is 14.2. The molecule has 1 aliphatic carbocycles. The minimum Gasteiger partial charge on any atom is -0.308 e. The van der Waals surface area contributed by atoms with Gasteiger partial charge in [-0.05, 0) is 38.8 Å². The molecule has 3 rings (SSSR count). The molecule has 1 spiro atoms. The number of piperazine rings is 1. The second-order valence-corrected chi connectivity index (χ2v) is 8.87. The molecule has 0 atom stereocenters. The average Bonchev–Trinajstić information content (AvgIpc) is 2.82. The van der Waals surface area contributed by atoms with Crippen molar-refractivity contribution in [1.29, 1.82) is 0 Å². The molecule has 0 radical (unpaired) electrons. The zero-order valence-corrected chi connectivity index (χ0v) is 14.1. The summed E-state index contributed by atoms with van der Waals surface area (Å²) in [7, 11) is 0.